The standard InChI is InChI=1S/C20H24N4O2S/c1-12(2)24-11-16(15-7-4-8-21-18(15)24)20-23-13(3)17(27-20)19(25)22-10-14-6-5-9-26-14/h4,7-8,11-12,14H,5-6,9-10H2,1-3H3,(H,22,25). The van der Waals surface area contributed by atoms with E-state index in [0.717, 1.165) is 46.7 Å². The largest absolute Gasteiger partial charge is 0.376 e. The number of amides is 1. The van der Waals surface area contributed by atoms with Gasteiger partial charge < -0.3 is 14.6 Å². The molecule has 7 heteroatoms. The average Bonchev–Trinajstić information content (AvgIpc) is 3.37. The van der Waals surface area contributed by atoms with Gasteiger partial charge in [-0.05, 0) is 45.7 Å². The maximum absolute atomic E-state index is 12.6. The zero-order valence-corrected chi connectivity index (χ0v) is 16.7. The van der Waals surface area contributed by atoms with Crippen LogP contribution in [0.1, 0.15) is 48.1 Å². The molecule has 1 saturated heterocycles. The number of aryl methyl sites for hydroxylation is 1. The lowest BCUT2D eigenvalue weighted by molar-refractivity contribution is 0.0860. The van der Waals surface area contributed by atoms with E-state index >= 15 is 0 Å². The number of fused-ring (bicyclic) bond motifs is 1. The smallest absolute Gasteiger partial charge is 0.263 e. The molecule has 1 aliphatic rings. The molecule has 4 rings (SSSR count). The maximum atomic E-state index is 12.6. The molecular weight excluding hydrogens is 360 g/mol. The Labute approximate surface area is 162 Å². The van der Waals surface area contributed by atoms with E-state index in [1.54, 1.807) is 0 Å². The number of aromatic nitrogens is 3. The van der Waals surface area contributed by atoms with Crippen molar-refractivity contribution < 1.29 is 9.53 Å². The summed E-state index contributed by atoms with van der Waals surface area (Å²) < 4.78 is 7.73. The summed E-state index contributed by atoms with van der Waals surface area (Å²) >= 11 is 1.44. The molecule has 0 spiro atoms. The second-order valence-corrected chi connectivity index (χ2v) is 8.20. The van der Waals surface area contributed by atoms with Crippen molar-refractivity contribution in [3.05, 3.63) is 35.1 Å². The highest BCUT2D eigenvalue weighted by atomic mass is 32.1. The Morgan fingerprint density at radius 3 is 3.07 bits per heavy atom. The fourth-order valence-corrected chi connectivity index (χ4v) is 4.47. The number of ether oxygens (including phenoxy) is 1. The number of hydrogen-bond donors (Lipinski definition) is 1. The molecule has 1 fully saturated rings. The van der Waals surface area contributed by atoms with E-state index in [-0.39, 0.29) is 12.0 Å². The molecule has 4 heterocycles. The van der Waals surface area contributed by atoms with Crippen LogP contribution in [-0.4, -0.2) is 39.7 Å². The summed E-state index contributed by atoms with van der Waals surface area (Å²) in [5, 5.41) is 4.91. The van der Waals surface area contributed by atoms with Crippen molar-refractivity contribution in [1.82, 2.24) is 19.9 Å². The van der Waals surface area contributed by atoms with Crippen molar-refractivity contribution in [2.24, 2.45) is 0 Å². The maximum Gasteiger partial charge on any atom is 0.263 e. The topological polar surface area (TPSA) is 69.0 Å². The monoisotopic (exact) mass is 384 g/mol. The highest BCUT2D eigenvalue weighted by Crippen LogP contribution is 2.35. The number of carbonyl (C=O) groups is 1. The Kier molecular flexibility index (Phi) is 4.97. The van der Waals surface area contributed by atoms with Crippen LogP contribution >= 0.6 is 11.3 Å². The van der Waals surface area contributed by atoms with Crippen LogP contribution in [0.25, 0.3) is 21.6 Å². The lowest BCUT2D eigenvalue weighted by Crippen LogP contribution is -2.31. The van der Waals surface area contributed by atoms with E-state index in [2.05, 4.69) is 46.0 Å². The van der Waals surface area contributed by atoms with Gasteiger partial charge in [0.15, 0.2) is 0 Å². The highest BCUT2D eigenvalue weighted by Gasteiger charge is 2.22. The van der Waals surface area contributed by atoms with Crippen LogP contribution in [0.2, 0.25) is 0 Å². The van der Waals surface area contributed by atoms with Gasteiger partial charge in [-0.2, -0.15) is 0 Å². The first kappa shape index (κ1) is 18.1. The first-order valence-electron chi connectivity index (χ1n) is 9.37. The second-order valence-electron chi connectivity index (χ2n) is 7.20. The molecule has 6 nitrogen and oxygen atoms in total. The Balaban J connectivity index is 1.63. The third-order valence-electron chi connectivity index (χ3n) is 4.89. The number of nitrogens with one attached hydrogen (secondary N) is 1. The van der Waals surface area contributed by atoms with Crippen molar-refractivity contribution in [3.63, 3.8) is 0 Å². The van der Waals surface area contributed by atoms with Gasteiger partial charge in [-0.1, -0.05) is 0 Å². The van der Waals surface area contributed by atoms with Gasteiger partial charge in [0.2, 0.25) is 0 Å². The van der Waals surface area contributed by atoms with Crippen LogP contribution in [0, 0.1) is 6.92 Å². The number of pyridine rings is 1. The Morgan fingerprint density at radius 1 is 1.48 bits per heavy atom. The average molecular weight is 385 g/mol. The quantitative estimate of drug-likeness (QED) is 0.723. The molecule has 1 amide bonds. The van der Waals surface area contributed by atoms with Gasteiger partial charge in [0.1, 0.15) is 15.5 Å². The van der Waals surface area contributed by atoms with Crippen LogP contribution in [-0.2, 0) is 4.74 Å². The summed E-state index contributed by atoms with van der Waals surface area (Å²) in [4.78, 5) is 22.5. The van der Waals surface area contributed by atoms with E-state index < -0.39 is 0 Å². The molecule has 0 aliphatic carbocycles. The number of thiazole rings is 1. The number of nitrogens with zero attached hydrogens (tertiary/aromatic N) is 3. The molecule has 0 aromatic carbocycles. The zero-order chi connectivity index (χ0) is 19.0. The minimum Gasteiger partial charge on any atom is -0.376 e. The van der Waals surface area contributed by atoms with Crippen molar-refractivity contribution in [1.29, 1.82) is 0 Å². The molecule has 3 aromatic rings. The highest BCUT2D eigenvalue weighted by molar-refractivity contribution is 7.17. The van der Waals surface area contributed by atoms with Crippen molar-refractivity contribution in [2.75, 3.05) is 13.2 Å². The lowest BCUT2D eigenvalue weighted by atomic mass is 10.2. The van der Waals surface area contributed by atoms with E-state index in [1.165, 1.54) is 11.3 Å². The SMILES string of the molecule is Cc1nc(-c2cn(C(C)C)c3ncccc23)sc1C(=O)NCC1CCCO1. The van der Waals surface area contributed by atoms with Crippen molar-refractivity contribution in [2.45, 2.75) is 45.8 Å². The molecule has 142 valence electrons. The van der Waals surface area contributed by atoms with Gasteiger partial charge in [0.25, 0.3) is 5.91 Å². The van der Waals surface area contributed by atoms with Crippen LogP contribution in [0.5, 0.6) is 0 Å². The lowest BCUT2D eigenvalue weighted by Gasteiger charge is -2.09. The third kappa shape index (κ3) is 3.49. The molecule has 1 unspecified atom stereocenters. The molecule has 27 heavy (non-hydrogen) atoms. The van der Waals surface area contributed by atoms with E-state index in [0.29, 0.717) is 17.5 Å². The van der Waals surface area contributed by atoms with Crippen LogP contribution in [0.15, 0.2) is 24.5 Å². The molecule has 0 saturated carbocycles. The van der Waals surface area contributed by atoms with Gasteiger partial charge >= 0.3 is 0 Å². The first-order valence-corrected chi connectivity index (χ1v) is 10.2. The van der Waals surface area contributed by atoms with Gasteiger partial charge in [-0.15, -0.1) is 11.3 Å². The summed E-state index contributed by atoms with van der Waals surface area (Å²) in [5.74, 6) is -0.0718. The zero-order valence-electron chi connectivity index (χ0n) is 15.9. The normalized spacial score (nSPS) is 17.1. The third-order valence-corrected chi connectivity index (χ3v) is 6.08. The molecule has 3 aromatic heterocycles. The predicted octanol–water partition coefficient (Wildman–Crippen LogP) is 3.96. The van der Waals surface area contributed by atoms with Crippen LogP contribution in [0.3, 0.4) is 0 Å². The molecule has 0 bridgehead atoms. The summed E-state index contributed by atoms with van der Waals surface area (Å²) in [6.45, 7) is 7.51. The van der Waals surface area contributed by atoms with Crippen molar-refractivity contribution in [3.8, 4) is 10.6 Å². The van der Waals surface area contributed by atoms with Gasteiger partial charge in [0.05, 0.1) is 11.8 Å². The Morgan fingerprint density at radius 2 is 2.33 bits per heavy atom. The minimum absolute atomic E-state index is 0.0718. The van der Waals surface area contributed by atoms with Gasteiger partial charge in [-0.25, -0.2) is 9.97 Å². The van der Waals surface area contributed by atoms with E-state index in [4.69, 9.17) is 4.74 Å². The molecule has 1 N–H and O–H groups in total. The van der Waals surface area contributed by atoms with Crippen LogP contribution in [0.4, 0.5) is 0 Å². The molecule has 1 aliphatic heterocycles. The Bertz CT molecular complexity index is 970. The summed E-state index contributed by atoms with van der Waals surface area (Å²) in [6, 6.07) is 4.29. The Hall–Kier alpha value is -2.25. The minimum atomic E-state index is -0.0718. The summed E-state index contributed by atoms with van der Waals surface area (Å²) in [7, 11) is 0. The van der Waals surface area contributed by atoms with E-state index in [9.17, 15) is 4.79 Å². The second kappa shape index (κ2) is 7.40. The van der Waals surface area contributed by atoms with Gasteiger partial charge in [0, 0.05) is 42.5 Å². The molecular formula is C20H24N4O2S. The van der Waals surface area contributed by atoms with E-state index in [1.807, 2.05) is 19.2 Å². The summed E-state index contributed by atoms with van der Waals surface area (Å²) in [5.41, 5.74) is 2.73. The molecule has 1 atom stereocenters. The molecule has 0 radical (unpaired) electrons. The number of rotatable bonds is 5. The number of hydrogen-bond acceptors (Lipinski definition) is 5. The predicted molar refractivity (Wildman–Crippen MR) is 107 cm³/mol. The van der Waals surface area contributed by atoms with Gasteiger partial charge in [-0.3, -0.25) is 4.79 Å². The summed E-state index contributed by atoms with van der Waals surface area (Å²) in [6.07, 6.45) is 6.11. The first-order chi connectivity index (χ1) is 13.0. The van der Waals surface area contributed by atoms with Crippen molar-refractivity contribution >= 4 is 28.3 Å². The van der Waals surface area contributed by atoms with Crippen LogP contribution < -0.4 is 5.32 Å². The number of carbonyl (C=O) groups excluding carboxylic acids is 1. The fourth-order valence-electron chi connectivity index (χ4n) is 3.46. The fraction of sp³-hybridized carbons (Fsp3) is 0.450.